The molecule has 1 atom stereocenters. The first-order valence-corrected chi connectivity index (χ1v) is 8.11. The summed E-state index contributed by atoms with van der Waals surface area (Å²) in [6, 6.07) is 3.99. The zero-order valence-electron chi connectivity index (χ0n) is 13.1. The second kappa shape index (κ2) is 9.59. The van der Waals surface area contributed by atoms with Crippen molar-refractivity contribution in [1.29, 1.82) is 0 Å². The summed E-state index contributed by atoms with van der Waals surface area (Å²) >= 11 is 3.00. The molecule has 1 unspecified atom stereocenters. The summed E-state index contributed by atoms with van der Waals surface area (Å²) in [6.45, 7) is 5.90. The van der Waals surface area contributed by atoms with Gasteiger partial charge in [0.25, 0.3) is 0 Å². The van der Waals surface area contributed by atoms with Crippen molar-refractivity contribution in [1.82, 2.24) is 10.2 Å². The maximum Gasteiger partial charge on any atom is 0.313 e. The molecule has 128 valence electrons. The SMILES string of the molecule is CCN(CC)CC(O)CNC(=O)C(=O)Nc1ccc(Br)c(F)c1. The maximum atomic E-state index is 13.3. The molecule has 2 amide bonds. The molecule has 3 N–H and O–H groups in total. The van der Waals surface area contributed by atoms with Gasteiger partial charge in [-0.25, -0.2) is 4.39 Å². The minimum atomic E-state index is -0.915. The fraction of sp³-hybridized carbons (Fsp3) is 0.467. The minimum Gasteiger partial charge on any atom is -0.390 e. The third-order valence-corrected chi connectivity index (χ3v) is 3.89. The third kappa shape index (κ3) is 6.64. The monoisotopic (exact) mass is 389 g/mol. The number of nitrogens with zero attached hydrogens (tertiary/aromatic N) is 1. The molecule has 0 aromatic heterocycles. The molecule has 23 heavy (non-hydrogen) atoms. The van der Waals surface area contributed by atoms with Gasteiger partial charge >= 0.3 is 11.8 Å². The van der Waals surface area contributed by atoms with Crippen LogP contribution in [0.4, 0.5) is 10.1 Å². The Morgan fingerprint density at radius 3 is 2.52 bits per heavy atom. The molecule has 0 bridgehead atoms. The number of hydrogen-bond donors (Lipinski definition) is 3. The molecular weight excluding hydrogens is 369 g/mol. The number of rotatable bonds is 7. The van der Waals surface area contributed by atoms with Gasteiger partial charge in [0, 0.05) is 18.8 Å². The van der Waals surface area contributed by atoms with E-state index < -0.39 is 23.7 Å². The normalized spacial score (nSPS) is 12.1. The number of carbonyl (C=O) groups is 2. The summed E-state index contributed by atoms with van der Waals surface area (Å²) in [5.41, 5.74) is 0.175. The number of aliphatic hydroxyl groups excluding tert-OH is 1. The predicted molar refractivity (Wildman–Crippen MR) is 89.5 cm³/mol. The lowest BCUT2D eigenvalue weighted by Crippen LogP contribution is -2.43. The summed E-state index contributed by atoms with van der Waals surface area (Å²) in [5, 5.41) is 14.5. The van der Waals surface area contributed by atoms with Crippen LogP contribution in [-0.4, -0.2) is 54.1 Å². The quantitative estimate of drug-likeness (QED) is 0.614. The molecule has 0 saturated carbocycles. The first-order valence-electron chi connectivity index (χ1n) is 7.32. The smallest absolute Gasteiger partial charge is 0.313 e. The number of likely N-dealkylation sites (N-methyl/N-ethyl adjacent to an activating group) is 1. The van der Waals surface area contributed by atoms with Crippen LogP contribution in [0.1, 0.15) is 13.8 Å². The molecular formula is C15H21BrFN3O3. The van der Waals surface area contributed by atoms with E-state index >= 15 is 0 Å². The van der Waals surface area contributed by atoms with Crippen LogP contribution in [0, 0.1) is 5.82 Å². The van der Waals surface area contributed by atoms with E-state index in [2.05, 4.69) is 26.6 Å². The van der Waals surface area contributed by atoms with Crippen LogP contribution >= 0.6 is 15.9 Å². The van der Waals surface area contributed by atoms with Gasteiger partial charge in [0.1, 0.15) is 5.82 Å². The zero-order valence-corrected chi connectivity index (χ0v) is 14.7. The number of hydrogen-bond acceptors (Lipinski definition) is 4. The first-order chi connectivity index (χ1) is 10.9. The Morgan fingerprint density at radius 2 is 1.96 bits per heavy atom. The maximum absolute atomic E-state index is 13.3. The standard InChI is InChI=1S/C15H21BrFN3O3/c1-3-20(4-2)9-11(21)8-18-14(22)15(23)19-10-5-6-12(16)13(17)7-10/h5-7,11,21H,3-4,8-9H2,1-2H3,(H,18,22)(H,19,23). The highest BCUT2D eigenvalue weighted by atomic mass is 79.9. The second-order valence-electron chi connectivity index (χ2n) is 4.93. The van der Waals surface area contributed by atoms with Crippen LogP contribution in [0.3, 0.4) is 0 Å². The van der Waals surface area contributed by atoms with Gasteiger partial charge < -0.3 is 20.6 Å². The number of halogens is 2. The summed E-state index contributed by atoms with van der Waals surface area (Å²) in [7, 11) is 0. The van der Waals surface area contributed by atoms with Crippen molar-refractivity contribution in [3.8, 4) is 0 Å². The van der Waals surface area contributed by atoms with Crippen molar-refractivity contribution in [2.24, 2.45) is 0 Å². The molecule has 8 heteroatoms. The van der Waals surface area contributed by atoms with Gasteiger partial charge in [-0.1, -0.05) is 13.8 Å². The second-order valence-corrected chi connectivity index (χ2v) is 5.79. The number of aliphatic hydroxyl groups is 1. The van der Waals surface area contributed by atoms with Crippen molar-refractivity contribution in [2.75, 3.05) is 31.5 Å². The lowest BCUT2D eigenvalue weighted by atomic mass is 10.3. The van der Waals surface area contributed by atoms with Gasteiger partial charge in [-0.05, 0) is 47.2 Å². The van der Waals surface area contributed by atoms with Crippen molar-refractivity contribution in [3.63, 3.8) is 0 Å². The molecule has 1 aromatic carbocycles. The third-order valence-electron chi connectivity index (χ3n) is 3.25. The summed E-state index contributed by atoms with van der Waals surface area (Å²) in [5.74, 6) is -2.34. The number of anilines is 1. The fourth-order valence-corrected chi connectivity index (χ4v) is 2.14. The minimum absolute atomic E-state index is 0.0303. The molecule has 0 radical (unpaired) electrons. The molecule has 0 saturated heterocycles. The summed E-state index contributed by atoms with van der Waals surface area (Å²) < 4.78 is 13.6. The molecule has 0 aliphatic carbocycles. The zero-order chi connectivity index (χ0) is 17.4. The van der Waals surface area contributed by atoms with Crippen LogP contribution in [0.2, 0.25) is 0 Å². The number of amides is 2. The van der Waals surface area contributed by atoms with Crippen LogP contribution < -0.4 is 10.6 Å². The largest absolute Gasteiger partial charge is 0.390 e. The van der Waals surface area contributed by atoms with Crippen molar-refractivity contribution >= 4 is 33.4 Å². The van der Waals surface area contributed by atoms with Gasteiger partial charge in [-0.3, -0.25) is 9.59 Å². The summed E-state index contributed by atoms with van der Waals surface area (Å²) in [4.78, 5) is 25.4. The Labute approximate surface area is 143 Å². The lowest BCUT2D eigenvalue weighted by molar-refractivity contribution is -0.136. The fourth-order valence-electron chi connectivity index (χ4n) is 1.90. The highest BCUT2D eigenvalue weighted by Gasteiger charge is 2.16. The molecule has 1 rings (SSSR count). The van der Waals surface area contributed by atoms with Gasteiger partial charge in [0.2, 0.25) is 0 Å². The predicted octanol–water partition coefficient (Wildman–Crippen LogP) is 1.35. The van der Waals surface area contributed by atoms with Crippen molar-refractivity contribution in [3.05, 3.63) is 28.5 Å². The Kier molecular flexibility index (Phi) is 8.15. The lowest BCUT2D eigenvalue weighted by Gasteiger charge is -2.21. The summed E-state index contributed by atoms with van der Waals surface area (Å²) in [6.07, 6.45) is -0.767. The average molecular weight is 390 g/mol. The van der Waals surface area contributed by atoms with E-state index in [1.54, 1.807) is 0 Å². The molecule has 0 spiro atoms. The molecule has 1 aromatic rings. The Morgan fingerprint density at radius 1 is 1.30 bits per heavy atom. The van der Waals surface area contributed by atoms with E-state index in [4.69, 9.17) is 0 Å². The van der Waals surface area contributed by atoms with Gasteiger partial charge in [-0.15, -0.1) is 0 Å². The van der Waals surface area contributed by atoms with Gasteiger partial charge in [0.15, 0.2) is 0 Å². The van der Waals surface area contributed by atoms with Crippen LogP contribution in [0.5, 0.6) is 0 Å². The average Bonchev–Trinajstić information content (AvgIpc) is 2.53. The van der Waals surface area contributed by atoms with E-state index in [1.165, 1.54) is 12.1 Å². The van der Waals surface area contributed by atoms with Gasteiger partial charge in [0.05, 0.1) is 10.6 Å². The van der Waals surface area contributed by atoms with E-state index in [-0.39, 0.29) is 16.7 Å². The molecule has 0 heterocycles. The Balaban J connectivity index is 2.44. The van der Waals surface area contributed by atoms with Crippen molar-refractivity contribution < 1.29 is 19.1 Å². The topological polar surface area (TPSA) is 81.7 Å². The number of carbonyl (C=O) groups excluding carboxylic acids is 2. The highest BCUT2D eigenvalue weighted by molar-refractivity contribution is 9.10. The van der Waals surface area contributed by atoms with E-state index in [9.17, 15) is 19.1 Å². The first kappa shape index (κ1) is 19.5. The highest BCUT2D eigenvalue weighted by Crippen LogP contribution is 2.19. The van der Waals surface area contributed by atoms with E-state index in [1.807, 2.05) is 18.7 Å². The number of nitrogens with one attached hydrogen (secondary N) is 2. The molecule has 0 aliphatic heterocycles. The molecule has 0 aliphatic rings. The van der Waals surface area contributed by atoms with Gasteiger partial charge in [-0.2, -0.15) is 0 Å². The van der Waals surface area contributed by atoms with Crippen molar-refractivity contribution in [2.45, 2.75) is 20.0 Å². The number of benzene rings is 1. The van der Waals surface area contributed by atoms with E-state index in [0.717, 1.165) is 19.2 Å². The van der Waals surface area contributed by atoms with Crippen LogP contribution in [-0.2, 0) is 9.59 Å². The van der Waals surface area contributed by atoms with Crippen LogP contribution in [0.25, 0.3) is 0 Å². The molecule has 0 fully saturated rings. The van der Waals surface area contributed by atoms with E-state index in [0.29, 0.717) is 6.54 Å². The van der Waals surface area contributed by atoms with Crippen LogP contribution in [0.15, 0.2) is 22.7 Å². The molecule has 6 nitrogen and oxygen atoms in total. The Bertz CT molecular complexity index is 553. The Hall–Kier alpha value is -1.51.